The molecule has 0 bridgehead atoms. The first-order valence-electron chi connectivity index (χ1n) is 7.79. The van der Waals surface area contributed by atoms with Gasteiger partial charge in [0.1, 0.15) is 5.82 Å². The van der Waals surface area contributed by atoms with Gasteiger partial charge in [0.2, 0.25) is 5.91 Å². The van der Waals surface area contributed by atoms with Crippen LogP contribution in [0.2, 0.25) is 0 Å². The maximum absolute atomic E-state index is 11.9. The molecule has 0 spiro atoms. The molecule has 0 unspecified atom stereocenters. The number of carbonyl (C=O) groups is 1. The molecule has 5 nitrogen and oxygen atoms in total. The summed E-state index contributed by atoms with van der Waals surface area (Å²) in [4.78, 5) is 16.2. The number of anilines is 2. The summed E-state index contributed by atoms with van der Waals surface area (Å²) in [7, 11) is 0. The predicted octanol–water partition coefficient (Wildman–Crippen LogP) is 3.22. The standard InChI is InChI=1S/C19H23N3O2/c1-14-4-6-15(7-5-14)8-11-18(24)21-16-9-10-17(20-12-16)22-19(2,3)13-23/h4-12,23H,13H2,1-3H3,(H,20,22)(H,21,24)/b11-8+. The molecule has 2 rings (SSSR count). The summed E-state index contributed by atoms with van der Waals surface area (Å²) >= 11 is 0. The first kappa shape index (κ1) is 17.7. The fourth-order valence-corrected chi connectivity index (χ4v) is 1.96. The van der Waals surface area contributed by atoms with Crippen molar-refractivity contribution < 1.29 is 9.90 Å². The minimum atomic E-state index is -0.450. The Morgan fingerprint density at radius 3 is 2.50 bits per heavy atom. The van der Waals surface area contributed by atoms with E-state index >= 15 is 0 Å². The number of aliphatic hydroxyl groups is 1. The van der Waals surface area contributed by atoms with Crippen LogP contribution >= 0.6 is 0 Å². The number of aryl methyl sites for hydroxylation is 1. The maximum Gasteiger partial charge on any atom is 0.248 e. The lowest BCUT2D eigenvalue weighted by molar-refractivity contribution is -0.111. The number of benzene rings is 1. The second-order valence-electron chi connectivity index (χ2n) is 6.33. The summed E-state index contributed by atoms with van der Waals surface area (Å²) in [5.41, 5.74) is 2.32. The number of rotatable bonds is 6. The molecule has 0 fully saturated rings. The van der Waals surface area contributed by atoms with Crippen molar-refractivity contribution >= 4 is 23.5 Å². The number of hydrogen-bond acceptors (Lipinski definition) is 4. The van der Waals surface area contributed by atoms with Crippen molar-refractivity contribution in [2.45, 2.75) is 26.3 Å². The van der Waals surface area contributed by atoms with Crippen LogP contribution in [0.15, 0.2) is 48.7 Å². The molecule has 5 heteroatoms. The highest BCUT2D eigenvalue weighted by Crippen LogP contribution is 2.15. The van der Waals surface area contributed by atoms with Crippen molar-refractivity contribution in [3.05, 3.63) is 59.8 Å². The van der Waals surface area contributed by atoms with Gasteiger partial charge in [0.15, 0.2) is 0 Å². The Labute approximate surface area is 142 Å². The van der Waals surface area contributed by atoms with Gasteiger partial charge in [-0.1, -0.05) is 29.8 Å². The van der Waals surface area contributed by atoms with Gasteiger partial charge in [-0.25, -0.2) is 4.98 Å². The second kappa shape index (κ2) is 7.75. The van der Waals surface area contributed by atoms with E-state index in [-0.39, 0.29) is 12.5 Å². The van der Waals surface area contributed by atoms with Crippen molar-refractivity contribution in [1.29, 1.82) is 0 Å². The van der Waals surface area contributed by atoms with E-state index in [1.807, 2.05) is 45.0 Å². The van der Waals surface area contributed by atoms with Crippen LogP contribution in [0.1, 0.15) is 25.0 Å². The van der Waals surface area contributed by atoms with Gasteiger partial charge >= 0.3 is 0 Å². The third kappa shape index (κ3) is 5.52. The fraction of sp³-hybridized carbons (Fsp3) is 0.263. The summed E-state index contributed by atoms with van der Waals surface area (Å²) in [5, 5.41) is 15.1. The second-order valence-corrected chi connectivity index (χ2v) is 6.33. The topological polar surface area (TPSA) is 74.2 Å². The number of carbonyl (C=O) groups excluding carboxylic acids is 1. The molecule has 126 valence electrons. The molecule has 0 aliphatic rings. The Hall–Kier alpha value is -2.66. The smallest absolute Gasteiger partial charge is 0.248 e. The van der Waals surface area contributed by atoms with Crippen molar-refractivity contribution in [3.8, 4) is 0 Å². The molecule has 3 N–H and O–H groups in total. The van der Waals surface area contributed by atoms with E-state index < -0.39 is 5.54 Å². The number of nitrogens with zero attached hydrogens (tertiary/aromatic N) is 1. The van der Waals surface area contributed by atoms with E-state index in [1.165, 1.54) is 11.6 Å². The van der Waals surface area contributed by atoms with Crippen LogP contribution in [0, 0.1) is 6.92 Å². The Balaban J connectivity index is 1.93. The highest BCUT2D eigenvalue weighted by molar-refractivity contribution is 6.01. The summed E-state index contributed by atoms with van der Waals surface area (Å²) < 4.78 is 0. The third-order valence-electron chi connectivity index (χ3n) is 3.40. The number of pyridine rings is 1. The molecule has 0 aliphatic carbocycles. The molecule has 1 heterocycles. The van der Waals surface area contributed by atoms with Gasteiger partial charge in [-0.15, -0.1) is 0 Å². The van der Waals surface area contributed by atoms with Gasteiger partial charge < -0.3 is 15.7 Å². The van der Waals surface area contributed by atoms with Gasteiger partial charge in [-0.2, -0.15) is 0 Å². The molecule has 0 saturated carbocycles. The zero-order valence-corrected chi connectivity index (χ0v) is 14.2. The zero-order chi connectivity index (χ0) is 17.6. The summed E-state index contributed by atoms with van der Waals surface area (Å²) in [6, 6.07) is 11.5. The molecular weight excluding hydrogens is 302 g/mol. The van der Waals surface area contributed by atoms with E-state index in [9.17, 15) is 9.90 Å². The fourth-order valence-electron chi connectivity index (χ4n) is 1.96. The summed E-state index contributed by atoms with van der Waals surface area (Å²) in [6.07, 6.45) is 4.83. The van der Waals surface area contributed by atoms with E-state index in [1.54, 1.807) is 24.4 Å². The lowest BCUT2D eigenvalue weighted by Gasteiger charge is -2.24. The highest BCUT2D eigenvalue weighted by atomic mass is 16.3. The van der Waals surface area contributed by atoms with Crippen LogP contribution in [-0.2, 0) is 4.79 Å². The Morgan fingerprint density at radius 1 is 1.21 bits per heavy atom. The number of hydrogen-bond donors (Lipinski definition) is 3. The SMILES string of the molecule is Cc1ccc(/C=C/C(=O)Nc2ccc(NC(C)(C)CO)nc2)cc1. The number of aromatic nitrogens is 1. The van der Waals surface area contributed by atoms with E-state index in [2.05, 4.69) is 15.6 Å². The average molecular weight is 325 g/mol. The monoisotopic (exact) mass is 325 g/mol. The molecule has 1 amide bonds. The lowest BCUT2D eigenvalue weighted by atomic mass is 10.1. The van der Waals surface area contributed by atoms with Crippen LogP contribution in [0.5, 0.6) is 0 Å². The minimum absolute atomic E-state index is 0.00300. The van der Waals surface area contributed by atoms with Crippen LogP contribution in [-0.4, -0.2) is 28.1 Å². The van der Waals surface area contributed by atoms with Crippen molar-refractivity contribution in [1.82, 2.24) is 4.98 Å². The lowest BCUT2D eigenvalue weighted by Crippen LogP contribution is -2.35. The zero-order valence-electron chi connectivity index (χ0n) is 14.2. The predicted molar refractivity (Wildman–Crippen MR) is 97.9 cm³/mol. The molecule has 24 heavy (non-hydrogen) atoms. The first-order chi connectivity index (χ1) is 11.4. The molecule has 0 saturated heterocycles. The molecule has 0 radical (unpaired) electrons. The van der Waals surface area contributed by atoms with Crippen LogP contribution in [0.3, 0.4) is 0 Å². The van der Waals surface area contributed by atoms with Crippen LogP contribution in [0.4, 0.5) is 11.5 Å². The molecule has 2 aromatic rings. The van der Waals surface area contributed by atoms with Crippen LogP contribution in [0.25, 0.3) is 6.08 Å². The minimum Gasteiger partial charge on any atom is -0.394 e. The Kier molecular flexibility index (Phi) is 5.71. The van der Waals surface area contributed by atoms with Gasteiger partial charge in [0.25, 0.3) is 0 Å². The van der Waals surface area contributed by atoms with Crippen molar-refractivity contribution in [3.63, 3.8) is 0 Å². The Bertz CT molecular complexity index is 704. The Morgan fingerprint density at radius 2 is 1.92 bits per heavy atom. The number of amides is 1. The molecule has 0 atom stereocenters. The highest BCUT2D eigenvalue weighted by Gasteiger charge is 2.15. The van der Waals surface area contributed by atoms with Crippen molar-refractivity contribution in [2.75, 3.05) is 17.2 Å². The van der Waals surface area contributed by atoms with Crippen molar-refractivity contribution in [2.24, 2.45) is 0 Å². The molecule has 0 aliphatic heterocycles. The normalized spacial score (nSPS) is 11.5. The maximum atomic E-state index is 11.9. The van der Waals surface area contributed by atoms with Gasteiger partial charge in [-0.05, 0) is 44.5 Å². The number of aliphatic hydroxyl groups excluding tert-OH is 1. The quantitative estimate of drug-likeness (QED) is 0.713. The first-order valence-corrected chi connectivity index (χ1v) is 7.79. The summed E-state index contributed by atoms with van der Waals surface area (Å²) in [5.74, 6) is 0.427. The number of nitrogens with one attached hydrogen (secondary N) is 2. The van der Waals surface area contributed by atoms with Crippen LogP contribution < -0.4 is 10.6 Å². The molecule has 1 aromatic heterocycles. The van der Waals surface area contributed by atoms with Gasteiger partial charge in [0.05, 0.1) is 24.0 Å². The third-order valence-corrected chi connectivity index (χ3v) is 3.40. The largest absolute Gasteiger partial charge is 0.394 e. The summed E-state index contributed by atoms with van der Waals surface area (Å²) in [6.45, 7) is 5.77. The van der Waals surface area contributed by atoms with Gasteiger partial charge in [-0.3, -0.25) is 4.79 Å². The van der Waals surface area contributed by atoms with E-state index in [0.717, 1.165) is 5.56 Å². The average Bonchev–Trinajstić information content (AvgIpc) is 2.56. The van der Waals surface area contributed by atoms with Gasteiger partial charge in [0, 0.05) is 6.08 Å². The van der Waals surface area contributed by atoms with E-state index in [0.29, 0.717) is 11.5 Å². The molecular formula is C19H23N3O2. The molecule has 1 aromatic carbocycles. The van der Waals surface area contributed by atoms with E-state index in [4.69, 9.17) is 0 Å².